The molecule has 0 aliphatic heterocycles. The van der Waals surface area contributed by atoms with Crippen LogP contribution in [0.2, 0.25) is 0 Å². The summed E-state index contributed by atoms with van der Waals surface area (Å²) >= 11 is 0. The quantitative estimate of drug-likeness (QED) is 0.738. The van der Waals surface area contributed by atoms with Crippen molar-refractivity contribution in [2.24, 2.45) is 13.0 Å². The molecular formula is C13H26N4. The molecule has 0 saturated carbocycles. The molecule has 4 heteroatoms. The lowest BCUT2D eigenvalue weighted by molar-refractivity contribution is 0.523. The smallest absolute Gasteiger partial charge is 0.204 e. The van der Waals surface area contributed by atoms with E-state index in [-0.39, 0.29) is 0 Å². The van der Waals surface area contributed by atoms with E-state index in [2.05, 4.69) is 35.8 Å². The van der Waals surface area contributed by atoms with Gasteiger partial charge in [-0.1, -0.05) is 13.8 Å². The van der Waals surface area contributed by atoms with Crippen LogP contribution in [0.15, 0.2) is 6.20 Å². The minimum absolute atomic E-state index is 0.800. The molecule has 0 aliphatic rings. The van der Waals surface area contributed by atoms with Crippen LogP contribution >= 0.6 is 0 Å². The fourth-order valence-electron chi connectivity index (χ4n) is 1.87. The second-order valence-corrected chi connectivity index (χ2v) is 5.22. The van der Waals surface area contributed by atoms with Gasteiger partial charge >= 0.3 is 0 Å². The first-order valence-electron chi connectivity index (χ1n) is 6.41. The summed E-state index contributed by atoms with van der Waals surface area (Å²) in [5, 5.41) is 3.47. The zero-order chi connectivity index (χ0) is 12.8. The highest BCUT2D eigenvalue weighted by Gasteiger charge is 2.06. The van der Waals surface area contributed by atoms with Crippen molar-refractivity contribution in [2.45, 2.75) is 33.2 Å². The van der Waals surface area contributed by atoms with Gasteiger partial charge in [-0.05, 0) is 25.3 Å². The van der Waals surface area contributed by atoms with Crippen LogP contribution < -0.4 is 10.2 Å². The summed E-state index contributed by atoms with van der Waals surface area (Å²) in [6, 6.07) is 0. The molecule has 0 aromatic carbocycles. The van der Waals surface area contributed by atoms with Crippen molar-refractivity contribution in [3.8, 4) is 0 Å². The SMILES string of the molecule is CC(C)CCCNCc1cnc(N(C)C)n1C. The summed E-state index contributed by atoms with van der Waals surface area (Å²) in [6.07, 6.45) is 4.49. The third kappa shape index (κ3) is 4.38. The highest BCUT2D eigenvalue weighted by atomic mass is 15.3. The molecule has 0 aliphatic carbocycles. The average Bonchev–Trinajstić information content (AvgIpc) is 2.59. The van der Waals surface area contributed by atoms with E-state index in [0.29, 0.717) is 0 Å². The molecule has 1 heterocycles. The van der Waals surface area contributed by atoms with E-state index in [1.165, 1.54) is 18.5 Å². The maximum atomic E-state index is 4.39. The van der Waals surface area contributed by atoms with Crippen molar-refractivity contribution < 1.29 is 0 Å². The van der Waals surface area contributed by atoms with Crippen LogP contribution in [0.4, 0.5) is 5.95 Å². The summed E-state index contributed by atoms with van der Waals surface area (Å²) in [6.45, 7) is 6.52. The number of aromatic nitrogens is 2. The van der Waals surface area contributed by atoms with Crippen LogP contribution in [0.25, 0.3) is 0 Å². The van der Waals surface area contributed by atoms with E-state index in [1.807, 2.05) is 25.2 Å². The molecule has 0 radical (unpaired) electrons. The van der Waals surface area contributed by atoms with Crippen molar-refractivity contribution in [1.29, 1.82) is 0 Å². The normalized spacial score (nSPS) is 11.2. The molecular weight excluding hydrogens is 212 g/mol. The van der Waals surface area contributed by atoms with Gasteiger partial charge in [0.05, 0.1) is 11.9 Å². The fourth-order valence-corrected chi connectivity index (χ4v) is 1.87. The predicted octanol–water partition coefficient (Wildman–Crippen LogP) is 2.01. The van der Waals surface area contributed by atoms with Gasteiger partial charge in [-0.2, -0.15) is 0 Å². The fraction of sp³-hybridized carbons (Fsp3) is 0.769. The Labute approximate surface area is 105 Å². The number of hydrogen-bond acceptors (Lipinski definition) is 3. The van der Waals surface area contributed by atoms with Gasteiger partial charge in [-0.25, -0.2) is 4.98 Å². The lowest BCUT2D eigenvalue weighted by Crippen LogP contribution is -2.19. The Morgan fingerprint density at radius 2 is 2.12 bits per heavy atom. The second-order valence-electron chi connectivity index (χ2n) is 5.22. The molecule has 0 amide bonds. The molecule has 98 valence electrons. The number of nitrogens with one attached hydrogen (secondary N) is 1. The van der Waals surface area contributed by atoms with Gasteiger partial charge in [-0.15, -0.1) is 0 Å². The number of rotatable bonds is 7. The zero-order valence-electron chi connectivity index (χ0n) is 11.8. The molecule has 0 bridgehead atoms. The predicted molar refractivity (Wildman–Crippen MR) is 73.3 cm³/mol. The molecule has 0 saturated heterocycles. The summed E-state index contributed by atoms with van der Waals surface area (Å²) < 4.78 is 2.13. The maximum absolute atomic E-state index is 4.39. The molecule has 0 unspecified atom stereocenters. The lowest BCUT2D eigenvalue weighted by atomic mass is 10.1. The number of anilines is 1. The third-order valence-electron chi connectivity index (χ3n) is 2.90. The van der Waals surface area contributed by atoms with Crippen LogP contribution in [-0.4, -0.2) is 30.2 Å². The van der Waals surface area contributed by atoms with Gasteiger partial charge in [0.15, 0.2) is 0 Å². The van der Waals surface area contributed by atoms with Crippen molar-refractivity contribution in [1.82, 2.24) is 14.9 Å². The van der Waals surface area contributed by atoms with E-state index in [1.54, 1.807) is 0 Å². The summed E-state index contributed by atoms with van der Waals surface area (Å²) in [4.78, 5) is 6.42. The topological polar surface area (TPSA) is 33.1 Å². The first-order chi connectivity index (χ1) is 8.02. The van der Waals surface area contributed by atoms with Crippen LogP contribution in [0.5, 0.6) is 0 Å². The zero-order valence-corrected chi connectivity index (χ0v) is 11.8. The Morgan fingerprint density at radius 1 is 1.41 bits per heavy atom. The molecule has 0 fully saturated rings. The molecule has 1 aromatic rings. The van der Waals surface area contributed by atoms with Gasteiger partial charge in [0.25, 0.3) is 0 Å². The van der Waals surface area contributed by atoms with Gasteiger partial charge in [0, 0.05) is 27.7 Å². The highest BCUT2D eigenvalue weighted by molar-refractivity contribution is 5.30. The molecule has 1 rings (SSSR count). The third-order valence-corrected chi connectivity index (χ3v) is 2.90. The lowest BCUT2D eigenvalue weighted by Gasteiger charge is -2.13. The minimum Gasteiger partial charge on any atom is -0.348 e. The Kier molecular flexibility index (Phi) is 5.48. The van der Waals surface area contributed by atoms with Gasteiger partial charge in [0.2, 0.25) is 5.95 Å². The van der Waals surface area contributed by atoms with Crippen molar-refractivity contribution in [3.63, 3.8) is 0 Å². The second kappa shape index (κ2) is 6.64. The van der Waals surface area contributed by atoms with E-state index in [4.69, 9.17) is 0 Å². The van der Waals surface area contributed by atoms with Crippen molar-refractivity contribution in [2.75, 3.05) is 25.5 Å². The first kappa shape index (κ1) is 14.0. The van der Waals surface area contributed by atoms with Gasteiger partial charge < -0.3 is 14.8 Å². The Balaban J connectivity index is 2.32. The number of imidazole rings is 1. The Morgan fingerprint density at radius 3 is 2.65 bits per heavy atom. The van der Waals surface area contributed by atoms with E-state index < -0.39 is 0 Å². The largest absolute Gasteiger partial charge is 0.348 e. The van der Waals surface area contributed by atoms with E-state index in [9.17, 15) is 0 Å². The monoisotopic (exact) mass is 238 g/mol. The van der Waals surface area contributed by atoms with Crippen LogP contribution in [-0.2, 0) is 13.6 Å². The van der Waals surface area contributed by atoms with Gasteiger partial charge in [0.1, 0.15) is 0 Å². The Hall–Kier alpha value is -1.03. The van der Waals surface area contributed by atoms with E-state index >= 15 is 0 Å². The highest BCUT2D eigenvalue weighted by Crippen LogP contribution is 2.10. The summed E-state index contributed by atoms with van der Waals surface area (Å²) in [5.74, 6) is 1.80. The van der Waals surface area contributed by atoms with Crippen molar-refractivity contribution >= 4 is 5.95 Å². The summed E-state index contributed by atoms with van der Waals surface area (Å²) in [5.41, 5.74) is 1.23. The van der Waals surface area contributed by atoms with Gasteiger partial charge in [-0.3, -0.25) is 0 Å². The summed E-state index contributed by atoms with van der Waals surface area (Å²) in [7, 11) is 6.10. The van der Waals surface area contributed by atoms with E-state index in [0.717, 1.165) is 25.0 Å². The van der Waals surface area contributed by atoms with Crippen LogP contribution in [0, 0.1) is 5.92 Å². The molecule has 0 spiro atoms. The molecule has 17 heavy (non-hydrogen) atoms. The number of nitrogens with zero attached hydrogens (tertiary/aromatic N) is 3. The number of hydrogen-bond donors (Lipinski definition) is 1. The van der Waals surface area contributed by atoms with Crippen LogP contribution in [0.3, 0.4) is 0 Å². The molecule has 1 aromatic heterocycles. The molecule has 0 atom stereocenters. The van der Waals surface area contributed by atoms with Crippen molar-refractivity contribution in [3.05, 3.63) is 11.9 Å². The minimum atomic E-state index is 0.800. The average molecular weight is 238 g/mol. The molecule has 4 nitrogen and oxygen atoms in total. The standard InChI is InChI=1S/C13H26N4/c1-11(2)7-6-8-14-9-12-10-15-13(16(3)4)17(12)5/h10-11,14H,6-9H2,1-5H3. The first-order valence-corrected chi connectivity index (χ1v) is 6.41. The van der Waals surface area contributed by atoms with Crippen LogP contribution in [0.1, 0.15) is 32.4 Å². The maximum Gasteiger partial charge on any atom is 0.204 e. The Bertz CT molecular complexity index is 328. The molecule has 1 N–H and O–H groups in total.